The van der Waals surface area contributed by atoms with Crippen LogP contribution in [0.2, 0.25) is 0 Å². The predicted octanol–water partition coefficient (Wildman–Crippen LogP) is 4.13. The Hall–Kier alpha value is -0.830. The first-order valence-corrected chi connectivity index (χ1v) is 7.41. The lowest BCUT2D eigenvalue weighted by atomic mass is 9.70. The molecule has 2 nitrogen and oxygen atoms in total. The molecule has 2 rings (SSSR count). The number of carbonyl (C=O) groups is 1. The van der Waals surface area contributed by atoms with Gasteiger partial charge in [0.15, 0.2) is 0 Å². The molecular formula is C14H20O2S. The maximum absolute atomic E-state index is 11.3. The SMILES string of the molecule is CCCC1CCC(C(=O)O)C(c2ccsc2)C1. The fourth-order valence-corrected chi connectivity index (χ4v) is 3.80. The summed E-state index contributed by atoms with van der Waals surface area (Å²) in [6.45, 7) is 2.21. The number of hydrogen-bond donors (Lipinski definition) is 1. The highest BCUT2D eigenvalue weighted by Crippen LogP contribution is 2.42. The first-order valence-electron chi connectivity index (χ1n) is 6.47. The molecule has 0 radical (unpaired) electrons. The van der Waals surface area contributed by atoms with E-state index in [0.717, 1.165) is 25.2 Å². The summed E-state index contributed by atoms with van der Waals surface area (Å²) >= 11 is 1.67. The molecular weight excluding hydrogens is 232 g/mol. The molecule has 1 aliphatic carbocycles. The van der Waals surface area contributed by atoms with Gasteiger partial charge in [-0.15, -0.1) is 0 Å². The standard InChI is InChI=1S/C14H20O2S/c1-2-3-10-4-5-12(14(15)16)13(8-10)11-6-7-17-9-11/h6-7,9-10,12-13H,2-5,8H2,1H3,(H,15,16). The van der Waals surface area contributed by atoms with Crippen molar-refractivity contribution in [3.05, 3.63) is 22.4 Å². The number of aliphatic carboxylic acids is 1. The summed E-state index contributed by atoms with van der Waals surface area (Å²) in [6.07, 6.45) is 5.44. The monoisotopic (exact) mass is 252 g/mol. The van der Waals surface area contributed by atoms with Gasteiger partial charge in [-0.1, -0.05) is 19.8 Å². The van der Waals surface area contributed by atoms with Gasteiger partial charge in [0.2, 0.25) is 0 Å². The summed E-state index contributed by atoms with van der Waals surface area (Å²) < 4.78 is 0. The van der Waals surface area contributed by atoms with E-state index >= 15 is 0 Å². The summed E-state index contributed by atoms with van der Waals surface area (Å²) in [7, 11) is 0. The summed E-state index contributed by atoms with van der Waals surface area (Å²) in [5.41, 5.74) is 1.24. The van der Waals surface area contributed by atoms with E-state index in [0.29, 0.717) is 0 Å². The minimum absolute atomic E-state index is 0.169. The Morgan fingerprint density at radius 2 is 2.35 bits per heavy atom. The van der Waals surface area contributed by atoms with Crippen LogP contribution in [0.15, 0.2) is 16.8 Å². The molecule has 0 bridgehead atoms. The maximum atomic E-state index is 11.3. The molecule has 0 aromatic carbocycles. The van der Waals surface area contributed by atoms with E-state index in [9.17, 15) is 9.90 Å². The fourth-order valence-electron chi connectivity index (χ4n) is 3.08. The van der Waals surface area contributed by atoms with Crippen LogP contribution in [-0.2, 0) is 4.79 Å². The Bertz CT molecular complexity index is 358. The largest absolute Gasteiger partial charge is 0.481 e. The lowest BCUT2D eigenvalue weighted by Crippen LogP contribution is -2.29. The quantitative estimate of drug-likeness (QED) is 0.874. The summed E-state index contributed by atoms with van der Waals surface area (Å²) in [5, 5.41) is 13.5. The normalized spacial score (nSPS) is 29.1. The van der Waals surface area contributed by atoms with Crippen molar-refractivity contribution >= 4 is 17.3 Å². The Morgan fingerprint density at radius 1 is 1.53 bits per heavy atom. The van der Waals surface area contributed by atoms with Gasteiger partial charge < -0.3 is 5.11 Å². The number of rotatable bonds is 4. The highest BCUT2D eigenvalue weighted by atomic mass is 32.1. The second-order valence-electron chi connectivity index (χ2n) is 5.08. The van der Waals surface area contributed by atoms with Gasteiger partial charge >= 0.3 is 5.97 Å². The number of thiophene rings is 1. The molecule has 3 atom stereocenters. The van der Waals surface area contributed by atoms with Gasteiger partial charge in [-0.25, -0.2) is 0 Å². The molecule has 17 heavy (non-hydrogen) atoms. The smallest absolute Gasteiger partial charge is 0.307 e. The van der Waals surface area contributed by atoms with Crippen LogP contribution in [0.1, 0.15) is 50.5 Å². The third kappa shape index (κ3) is 2.89. The van der Waals surface area contributed by atoms with Crippen molar-refractivity contribution in [1.82, 2.24) is 0 Å². The zero-order valence-corrected chi connectivity index (χ0v) is 11.1. The van der Waals surface area contributed by atoms with Gasteiger partial charge in [0.25, 0.3) is 0 Å². The third-order valence-corrected chi connectivity index (χ3v) is 4.65. The highest BCUT2D eigenvalue weighted by molar-refractivity contribution is 7.07. The Labute approximate surface area is 107 Å². The van der Waals surface area contributed by atoms with Gasteiger partial charge in [-0.05, 0) is 53.5 Å². The van der Waals surface area contributed by atoms with Crippen LogP contribution in [0.25, 0.3) is 0 Å². The molecule has 0 amide bonds. The highest BCUT2D eigenvalue weighted by Gasteiger charge is 2.35. The van der Waals surface area contributed by atoms with Crippen molar-refractivity contribution < 1.29 is 9.90 Å². The van der Waals surface area contributed by atoms with E-state index in [-0.39, 0.29) is 11.8 Å². The van der Waals surface area contributed by atoms with E-state index in [1.54, 1.807) is 11.3 Å². The molecule has 0 aliphatic heterocycles. The van der Waals surface area contributed by atoms with Crippen molar-refractivity contribution in [2.24, 2.45) is 11.8 Å². The molecule has 94 valence electrons. The zero-order valence-electron chi connectivity index (χ0n) is 10.3. The number of hydrogen-bond acceptors (Lipinski definition) is 2. The van der Waals surface area contributed by atoms with E-state index in [1.807, 2.05) is 0 Å². The molecule has 1 N–H and O–H groups in total. The van der Waals surface area contributed by atoms with Crippen molar-refractivity contribution in [3.8, 4) is 0 Å². The second kappa shape index (κ2) is 5.67. The third-order valence-electron chi connectivity index (χ3n) is 3.94. The second-order valence-corrected chi connectivity index (χ2v) is 5.86. The van der Waals surface area contributed by atoms with Crippen LogP contribution >= 0.6 is 11.3 Å². The van der Waals surface area contributed by atoms with E-state index in [2.05, 4.69) is 23.8 Å². The average molecular weight is 252 g/mol. The molecule has 3 heteroatoms. The lowest BCUT2D eigenvalue weighted by Gasteiger charge is -2.33. The molecule has 1 aromatic rings. The predicted molar refractivity (Wildman–Crippen MR) is 70.4 cm³/mol. The van der Waals surface area contributed by atoms with Gasteiger partial charge in [0.05, 0.1) is 5.92 Å². The van der Waals surface area contributed by atoms with Gasteiger partial charge in [0, 0.05) is 0 Å². The van der Waals surface area contributed by atoms with Gasteiger partial charge in [-0.3, -0.25) is 4.79 Å². The molecule has 1 aliphatic rings. The first-order chi connectivity index (χ1) is 8.22. The molecule has 3 unspecified atom stereocenters. The van der Waals surface area contributed by atoms with Crippen LogP contribution in [0.5, 0.6) is 0 Å². The first kappa shape index (κ1) is 12.6. The molecule has 1 heterocycles. The lowest BCUT2D eigenvalue weighted by molar-refractivity contribution is -0.143. The Balaban J connectivity index is 2.13. The number of carboxylic acid groups (broad SMARTS) is 1. The van der Waals surface area contributed by atoms with E-state index in [4.69, 9.17) is 0 Å². The summed E-state index contributed by atoms with van der Waals surface area (Å²) in [4.78, 5) is 11.3. The average Bonchev–Trinajstić information content (AvgIpc) is 2.82. The van der Waals surface area contributed by atoms with Crippen LogP contribution in [-0.4, -0.2) is 11.1 Å². The molecule has 1 aromatic heterocycles. The van der Waals surface area contributed by atoms with Crippen LogP contribution in [0.3, 0.4) is 0 Å². The zero-order chi connectivity index (χ0) is 12.3. The van der Waals surface area contributed by atoms with Crippen LogP contribution in [0, 0.1) is 11.8 Å². The summed E-state index contributed by atoms with van der Waals surface area (Å²) in [5.74, 6) is 0.179. The minimum atomic E-state index is -0.615. The summed E-state index contributed by atoms with van der Waals surface area (Å²) in [6, 6.07) is 2.10. The Morgan fingerprint density at radius 3 is 2.94 bits per heavy atom. The van der Waals surface area contributed by atoms with Crippen LogP contribution < -0.4 is 0 Å². The Kier molecular flexibility index (Phi) is 4.21. The van der Waals surface area contributed by atoms with Gasteiger partial charge in [0.1, 0.15) is 0 Å². The molecule has 1 fully saturated rings. The van der Waals surface area contributed by atoms with Crippen molar-refractivity contribution in [1.29, 1.82) is 0 Å². The van der Waals surface area contributed by atoms with E-state index < -0.39 is 5.97 Å². The minimum Gasteiger partial charge on any atom is -0.481 e. The van der Waals surface area contributed by atoms with Gasteiger partial charge in [-0.2, -0.15) is 11.3 Å². The number of carboxylic acids is 1. The van der Waals surface area contributed by atoms with Crippen LogP contribution in [0.4, 0.5) is 0 Å². The molecule has 1 saturated carbocycles. The van der Waals surface area contributed by atoms with Crippen molar-refractivity contribution in [3.63, 3.8) is 0 Å². The fraction of sp³-hybridized carbons (Fsp3) is 0.643. The topological polar surface area (TPSA) is 37.3 Å². The van der Waals surface area contributed by atoms with Crippen molar-refractivity contribution in [2.75, 3.05) is 0 Å². The van der Waals surface area contributed by atoms with Crippen molar-refractivity contribution in [2.45, 2.75) is 44.9 Å². The maximum Gasteiger partial charge on any atom is 0.307 e. The molecule has 0 saturated heterocycles. The molecule has 0 spiro atoms. The van der Waals surface area contributed by atoms with E-state index in [1.165, 1.54) is 18.4 Å².